The van der Waals surface area contributed by atoms with Gasteiger partial charge in [0.25, 0.3) is 0 Å². The molecule has 0 saturated carbocycles. The summed E-state index contributed by atoms with van der Waals surface area (Å²) in [5.74, 6) is -1.46. The van der Waals surface area contributed by atoms with Gasteiger partial charge in [0.15, 0.2) is 0 Å². The molecular weight excluding hydrogens is 255 g/mol. The van der Waals surface area contributed by atoms with E-state index in [9.17, 15) is 18.0 Å². The maximum absolute atomic E-state index is 12.4. The second-order valence-corrected chi connectivity index (χ2v) is 4.70. The number of rotatable bonds is 4. The van der Waals surface area contributed by atoms with Crippen LogP contribution in [0.5, 0.6) is 0 Å². The van der Waals surface area contributed by atoms with Crippen LogP contribution >= 0.6 is 11.3 Å². The second-order valence-electron chi connectivity index (χ2n) is 3.67. The van der Waals surface area contributed by atoms with Gasteiger partial charge in [-0.05, 0) is 18.4 Å². The first-order chi connectivity index (χ1) is 7.75. The third-order valence-corrected chi connectivity index (χ3v) is 3.11. The van der Waals surface area contributed by atoms with Crippen molar-refractivity contribution in [1.82, 2.24) is 0 Å². The number of hydrogen-bond donors (Lipinski definition) is 1. The van der Waals surface area contributed by atoms with Gasteiger partial charge in [-0.2, -0.15) is 13.2 Å². The van der Waals surface area contributed by atoms with Gasteiger partial charge < -0.3 is 10.5 Å². The minimum atomic E-state index is -4.81. The zero-order valence-electron chi connectivity index (χ0n) is 9.08. The first-order valence-electron chi connectivity index (χ1n) is 4.80. The number of nitrogens with two attached hydrogens (primary N) is 1. The quantitative estimate of drug-likeness (QED) is 0.850. The SMILES string of the molecule is CC(N)(C(=O)OCCc1cccs1)C(F)(F)F. The van der Waals surface area contributed by atoms with E-state index in [0.717, 1.165) is 4.88 Å². The van der Waals surface area contributed by atoms with E-state index in [-0.39, 0.29) is 6.61 Å². The fraction of sp³-hybridized carbons (Fsp3) is 0.500. The lowest BCUT2D eigenvalue weighted by molar-refractivity contribution is -0.201. The monoisotopic (exact) mass is 267 g/mol. The first kappa shape index (κ1) is 14.0. The van der Waals surface area contributed by atoms with Crippen molar-refractivity contribution in [3.8, 4) is 0 Å². The molecule has 0 amide bonds. The second kappa shape index (κ2) is 5.05. The summed E-state index contributed by atoms with van der Waals surface area (Å²) in [6, 6.07) is 3.62. The number of carbonyl (C=O) groups excluding carboxylic acids is 1. The molecule has 2 N–H and O–H groups in total. The number of ether oxygens (including phenoxy) is 1. The highest BCUT2D eigenvalue weighted by Crippen LogP contribution is 2.28. The Hall–Kier alpha value is -1.08. The van der Waals surface area contributed by atoms with Crippen molar-refractivity contribution < 1.29 is 22.7 Å². The standard InChI is InChI=1S/C10H12F3NO2S/c1-9(14,10(11,12)13)8(15)16-5-4-7-3-2-6-17-7/h2-3,6H,4-5,14H2,1H3. The summed E-state index contributed by atoms with van der Waals surface area (Å²) >= 11 is 1.44. The van der Waals surface area contributed by atoms with Crippen molar-refractivity contribution in [1.29, 1.82) is 0 Å². The summed E-state index contributed by atoms with van der Waals surface area (Å²) in [6.07, 6.45) is -4.43. The van der Waals surface area contributed by atoms with Crippen molar-refractivity contribution in [2.45, 2.75) is 25.1 Å². The van der Waals surface area contributed by atoms with Crippen LogP contribution in [-0.2, 0) is 16.0 Å². The van der Waals surface area contributed by atoms with E-state index < -0.39 is 17.7 Å². The van der Waals surface area contributed by atoms with E-state index >= 15 is 0 Å². The van der Waals surface area contributed by atoms with Gasteiger partial charge in [0.2, 0.25) is 5.54 Å². The van der Waals surface area contributed by atoms with Gasteiger partial charge in [0, 0.05) is 11.3 Å². The topological polar surface area (TPSA) is 52.3 Å². The van der Waals surface area contributed by atoms with E-state index in [1.54, 1.807) is 0 Å². The van der Waals surface area contributed by atoms with Crippen LogP contribution in [0.4, 0.5) is 13.2 Å². The molecule has 0 fully saturated rings. The summed E-state index contributed by atoms with van der Waals surface area (Å²) < 4.78 is 41.6. The molecule has 0 aliphatic heterocycles. The molecule has 0 spiro atoms. The Bertz CT molecular complexity index is 373. The predicted octanol–water partition coefficient (Wildman–Crippen LogP) is 2.11. The van der Waals surface area contributed by atoms with Crippen molar-refractivity contribution in [3.63, 3.8) is 0 Å². The third kappa shape index (κ3) is 3.44. The summed E-state index contributed by atoms with van der Waals surface area (Å²) in [6.45, 7) is 0.489. The van der Waals surface area contributed by atoms with Crippen molar-refractivity contribution in [2.24, 2.45) is 5.73 Å². The molecule has 1 aromatic rings. The molecular formula is C10H12F3NO2S. The van der Waals surface area contributed by atoms with Gasteiger partial charge in [-0.1, -0.05) is 6.07 Å². The summed E-state index contributed by atoms with van der Waals surface area (Å²) in [7, 11) is 0. The fourth-order valence-electron chi connectivity index (χ4n) is 0.965. The summed E-state index contributed by atoms with van der Waals surface area (Å²) in [5, 5.41) is 1.83. The maximum atomic E-state index is 12.4. The van der Waals surface area contributed by atoms with Gasteiger partial charge in [-0.15, -0.1) is 11.3 Å². The zero-order valence-corrected chi connectivity index (χ0v) is 9.90. The van der Waals surface area contributed by atoms with E-state index in [2.05, 4.69) is 4.74 Å². The molecule has 96 valence electrons. The molecule has 17 heavy (non-hydrogen) atoms. The lowest BCUT2D eigenvalue weighted by Crippen LogP contribution is -2.57. The highest BCUT2D eigenvalue weighted by Gasteiger charge is 2.55. The van der Waals surface area contributed by atoms with Crippen LogP contribution in [0.15, 0.2) is 17.5 Å². The molecule has 1 unspecified atom stereocenters. The molecule has 0 saturated heterocycles. The predicted molar refractivity (Wildman–Crippen MR) is 57.6 cm³/mol. The Kier molecular flexibility index (Phi) is 4.16. The molecule has 0 radical (unpaired) electrons. The Morgan fingerprint density at radius 2 is 2.18 bits per heavy atom. The van der Waals surface area contributed by atoms with Crippen molar-refractivity contribution >= 4 is 17.3 Å². The highest BCUT2D eigenvalue weighted by atomic mass is 32.1. The maximum Gasteiger partial charge on any atom is 0.416 e. The molecule has 1 heterocycles. The molecule has 1 aromatic heterocycles. The van der Waals surface area contributed by atoms with Gasteiger partial charge in [0.1, 0.15) is 0 Å². The lowest BCUT2D eigenvalue weighted by atomic mass is 10.0. The first-order valence-corrected chi connectivity index (χ1v) is 5.68. The van der Waals surface area contributed by atoms with Crippen LogP contribution in [0, 0.1) is 0 Å². The minimum Gasteiger partial charge on any atom is -0.464 e. The number of hydrogen-bond acceptors (Lipinski definition) is 4. The van der Waals surface area contributed by atoms with Crippen LogP contribution in [0.1, 0.15) is 11.8 Å². The van der Waals surface area contributed by atoms with Crippen molar-refractivity contribution in [3.05, 3.63) is 22.4 Å². The van der Waals surface area contributed by atoms with Crippen molar-refractivity contribution in [2.75, 3.05) is 6.61 Å². The highest BCUT2D eigenvalue weighted by molar-refractivity contribution is 7.09. The summed E-state index contributed by atoms with van der Waals surface area (Å²) in [4.78, 5) is 12.1. The van der Waals surface area contributed by atoms with Crippen LogP contribution < -0.4 is 5.73 Å². The smallest absolute Gasteiger partial charge is 0.416 e. The summed E-state index contributed by atoms with van der Waals surface area (Å²) in [5.41, 5.74) is 1.94. The van der Waals surface area contributed by atoms with E-state index in [1.165, 1.54) is 11.3 Å². The Morgan fingerprint density at radius 3 is 2.65 bits per heavy atom. The Labute approximate surface area is 100 Å². The van der Waals surface area contributed by atoms with Crippen LogP contribution in [0.25, 0.3) is 0 Å². The molecule has 3 nitrogen and oxygen atoms in total. The lowest BCUT2D eigenvalue weighted by Gasteiger charge is -2.24. The molecule has 1 atom stereocenters. The number of alkyl halides is 3. The van der Waals surface area contributed by atoms with Gasteiger partial charge in [-0.3, -0.25) is 0 Å². The fourth-order valence-corrected chi connectivity index (χ4v) is 1.66. The van der Waals surface area contributed by atoms with Crippen LogP contribution in [-0.4, -0.2) is 24.3 Å². The molecule has 7 heteroatoms. The van der Waals surface area contributed by atoms with Crippen LogP contribution in [0.3, 0.4) is 0 Å². The van der Waals surface area contributed by atoms with E-state index in [0.29, 0.717) is 13.3 Å². The average molecular weight is 267 g/mol. The largest absolute Gasteiger partial charge is 0.464 e. The third-order valence-electron chi connectivity index (χ3n) is 2.17. The van der Waals surface area contributed by atoms with Gasteiger partial charge in [-0.25, -0.2) is 4.79 Å². The molecule has 1 rings (SSSR count). The van der Waals surface area contributed by atoms with E-state index in [4.69, 9.17) is 5.73 Å². The molecule has 0 aliphatic rings. The minimum absolute atomic E-state index is 0.109. The average Bonchev–Trinajstić information content (AvgIpc) is 2.68. The molecule has 0 aromatic carbocycles. The Morgan fingerprint density at radius 1 is 1.53 bits per heavy atom. The number of carbonyl (C=O) groups is 1. The number of esters is 1. The molecule has 0 bridgehead atoms. The van der Waals surface area contributed by atoms with Crippen LogP contribution in [0.2, 0.25) is 0 Å². The van der Waals surface area contributed by atoms with Gasteiger partial charge in [0.05, 0.1) is 6.61 Å². The van der Waals surface area contributed by atoms with Gasteiger partial charge >= 0.3 is 12.1 Å². The molecule has 0 aliphatic carbocycles. The number of halogens is 3. The normalized spacial score (nSPS) is 15.4. The van der Waals surface area contributed by atoms with E-state index in [1.807, 2.05) is 17.5 Å². The Balaban J connectivity index is 2.45. The number of thiophene rings is 1. The zero-order chi connectivity index (χ0) is 13.1.